The van der Waals surface area contributed by atoms with Crippen molar-refractivity contribution in [2.24, 2.45) is 5.92 Å². The van der Waals surface area contributed by atoms with Crippen LogP contribution in [0.2, 0.25) is 0 Å². The van der Waals surface area contributed by atoms with E-state index in [2.05, 4.69) is 0 Å². The third kappa shape index (κ3) is 2.88. The number of halogens is 1. The van der Waals surface area contributed by atoms with Gasteiger partial charge in [-0.15, -0.1) is 0 Å². The maximum atomic E-state index is 13.1. The lowest BCUT2D eigenvalue weighted by Gasteiger charge is -2.17. The summed E-state index contributed by atoms with van der Waals surface area (Å²) >= 11 is 0. The van der Waals surface area contributed by atoms with E-state index in [1.807, 2.05) is 0 Å². The van der Waals surface area contributed by atoms with Crippen molar-refractivity contribution in [2.45, 2.75) is 32.3 Å². The van der Waals surface area contributed by atoms with Gasteiger partial charge in [-0.05, 0) is 38.0 Å². The van der Waals surface area contributed by atoms with E-state index in [1.54, 1.807) is 6.07 Å². The molecular formula is C14H17FO3. The summed E-state index contributed by atoms with van der Waals surface area (Å²) in [5.41, 5.74) is 0.853. The maximum Gasteiger partial charge on any atom is 0.133 e. The van der Waals surface area contributed by atoms with E-state index >= 15 is 0 Å². The quantitative estimate of drug-likeness (QED) is 0.873. The smallest absolute Gasteiger partial charge is 0.133 e. The Kier molecular flexibility index (Phi) is 3.97. The molecule has 2 rings (SSSR count). The van der Waals surface area contributed by atoms with E-state index in [-0.39, 0.29) is 30.2 Å². The zero-order valence-electron chi connectivity index (χ0n) is 10.4. The fraction of sp³-hybridized carbons (Fsp3) is 0.500. The largest absolute Gasteiger partial charge is 0.490 e. The molecule has 18 heavy (non-hydrogen) atoms. The molecule has 1 aromatic rings. The van der Waals surface area contributed by atoms with Crippen LogP contribution >= 0.6 is 0 Å². The van der Waals surface area contributed by atoms with Gasteiger partial charge in [0.2, 0.25) is 0 Å². The number of aliphatic hydroxyl groups is 1. The first-order valence-electron chi connectivity index (χ1n) is 6.16. The van der Waals surface area contributed by atoms with Crippen LogP contribution in [0.25, 0.3) is 0 Å². The minimum atomic E-state index is -0.267. The number of aliphatic hydroxyl groups excluding tert-OH is 1. The van der Waals surface area contributed by atoms with Crippen LogP contribution in [0.15, 0.2) is 18.2 Å². The van der Waals surface area contributed by atoms with Crippen molar-refractivity contribution in [1.82, 2.24) is 0 Å². The zero-order chi connectivity index (χ0) is 13.1. The molecule has 1 N–H and O–H groups in total. The summed E-state index contributed by atoms with van der Waals surface area (Å²) in [7, 11) is 0. The molecule has 98 valence electrons. The van der Waals surface area contributed by atoms with Gasteiger partial charge in [-0.25, -0.2) is 4.39 Å². The van der Waals surface area contributed by atoms with Gasteiger partial charge in [0.25, 0.3) is 0 Å². The van der Waals surface area contributed by atoms with Crippen LogP contribution in [0.4, 0.5) is 4.39 Å². The summed E-state index contributed by atoms with van der Waals surface area (Å²) in [5.74, 6) is 0.318. The zero-order valence-corrected chi connectivity index (χ0v) is 10.4. The average Bonchev–Trinajstić information content (AvgIpc) is 2.69. The van der Waals surface area contributed by atoms with E-state index in [1.165, 1.54) is 19.1 Å². The van der Waals surface area contributed by atoms with E-state index in [4.69, 9.17) is 9.84 Å². The SMILES string of the molecule is CC(=O)C(CCO)CC1Cc2cc(F)ccc2O1. The van der Waals surface area contributed by atoms with Gasteiger partial charge in [-0.2, -0.15) is 0 Å². The molecule has 0 fully saturated rings. The van der Waals surface area contributed by atoms with Crippen LogP contribution in [0.5, 0.6) is 5.75 Å². The molecule has 0 aliphatic carbocycles. The van der Waals surface area contributed by atoms with Crippen LogP contribution in [0.3, 0.4) is 0 Å². The highest BCUT2D eigenvalue weighted by atomic mass is 19.1. The molecule has 2 atom stereocenters. The molecule has 1 aromatic carbocycles. The van der Waals surface area contributed by atoms with Crippen molar-refractivity contribution < 1.29 is 19.0 Å². The fourth-order valence-corrected chi connectivity index (χ4v) is 2.38. The number of hydrogen-bond donors (Lipinski definition) is 1. The van der Waals surface area contributed by atoms with E-state index in [0.717, 1.165) is 5.56 Å². The molecule has 2 unspecified atom stereocenters. The molecule has 1 aliphatic heterocycles. The number of carbonyl (C=O) groups excluding carboxylic acids is 1. The molecule has 0 amide bonds. The standard InChI is InChI=1S/C14H17FO3/c1-9(17)10(4-5-16)7-13-8-11-6-12(15)2-3-14(11)18-13/h2-3,6,10,13,16H,4-5,7-8H2,1H3. The highest BCUT2D eigenvalue weighted by Crippen LogP contribution is 2.32. The molecule has 0 saturated carbocycles. The topological polar surface area (TPSA) is 46.5 Å². The molecule has 0 radical (unpaired) electrons. The van der Waals surface area contributed by atoms with Crippen molar-refractivity contribution in [3.05, 3.63) is 29.6 Å². The summed E-state index contributed by atoms with van der Waals surface area (Å²) < 4.78 is 18.7. The summed E-state index contributed by atoms with van der Waals surface area (Å²) in [4.78, 5) is 11.4. The van der Waals surface area contributed by atoms with Gasteiger partial charge in [0.05, 0.1) is 0 Å². The minimum absolute atomic E-state index is 0.00145. The highest BCUT2D eigenvalue weighted by Gasteiger charge is 2.27. The minimum Gasteiger partial charge on any atom is -0.490 e. The van der Waals surface area contributed by atoms with Crippen LogP contribution < -0.4 is 4.74 Å². The van der Waals surface area contributed by atoms with Crippen molar-refractivity contribution in [3.63, 3.8) is 0 Å². The number of ketones is 1. The first-order chi connectivity index (χ1) is 8.60. The van der Waals surface area contributed by atoms with Crippen molar-refractivity contribution in [1.29, 1.82) is 0 Å². The Balaban J connectivity index is 2.00. The van der Waals surface area contributed by atoms with E-state index in [9.17, 15) is 9.18 Å². The lowest BCUT2D eigenvalue weighted by molar-refractivity contribution is -0.122. The Morgan fingerprint density at radius 2 is 2.39 bits per heavy atom. The number of rotatable bonds is 5. The average molecular weight is 252 g/mol. The molecular weight excluding hydrogens is 235 g/mol. The molecule has 1 aliphatic rings. The second kappa shape index (κ2) is 5.48. The lowest BCUT2D eigenvalue weighted by atomic mass is 9.93. The second-order valence-corrected chi connectivity index (χ2v) is 4.75. The Morgan fingerprint density at radius 1 is 1.61 bits per heavy atom. The number of hydrogen-bond acceptors (Lipinski definition) is 3. The molecule has 0 aromatic heterocycles. The molecule has 1 heterocycles. The van der Waals surface area contributed by atoms with Gasteiger partial charge < -0.3 is 9.84 Å². The van der Waals surface area contributed by atoms with Gasteiger partial charge >= 0.3 is 0 Å². The Bertz CT molecular complexity index is 445. The van der Waals surface area contributed by atoms with Gasteiger partial charge in [0.15, 0.2) is 0 Å². The summed E-state index contributed by atoms with van der Waals surface area (Å²) in [6.45, 7) is 1.53. The summed E-state index contributed by atoms with van der Waals surface area (Å²) in [6, 6.07) is 4.47. The summed E-state index contributed by atoms with van der Waals surface area (Å²) in [6.07, 6.45) is 1.57. The maximum absolute atomic E-state index is 13.1. The molecule has 0 spiro atoms. The first kappa shape index (κ1) is 13.0. The number of fused-ring (bicyclic) bond motifs is 1. The van der Waals surface area contributed by atoms with Crippen LogP contribution in [-0.2, 0) is 11.2 Å². The molecule has 0 saturated heterocycles. The van der Waals surface area contributed by atoms with Gasteiger partial charge in [-0.1, -0.05) is 0 Å². The monoisotopic (exact) mass is 252 g/mol. The highest BCUT2D eigenvalue weighted by molar-refractivity contribution is 5.78. The van der Waals surface area contributed by atoms with Crippen LogP contribution in [-0.4, -0.2) is 23.6 Å². The molecule has 0 bridgehead atoms. The van der Waals surface area contributed by atoms with Gasteiger partial charge in [-0.3, -0.25) is 4.79 Å². The van der Waals surface area contributed by atoms with E-state index < -0.39 is 0 Å². The van der Waals surface area contributed by atoms with E-state index in [0.29, 0.717) is 25.0 Å². The third-order valence-corrected chi connectivity index (χ3v) is 3.36. The number of carbonyl (C=O) groups is 1. The lowest BCUT2D eigenvalue weighted by Crippen LogP contribution is -2.23. The fourth-order valence-electron chi connectivity index (χ4n) is 2.38. The van der Waals surface area contributed by atoms with Crippen LogP contribution in [0, 0.1) is 11.7 Å². The van der Waals surface area contributed by atoms with Crippen molar-refractivity contribution in [2.75, 3.05) is 6.61 Å². The number of benzene rings is 1. The van der Waals surface area contributed by atoms with Gasteiger partial charge in [0.1, 0.15) is 23.5 Å². The Hall–Kier alpha value is -1.42. The summed E-state index contributed by atoms with van der Waals surface area (Å²) in [5, 5.41) is 8.93. The number of Topliss-reactive ketones (excluding diaryl/α,β-unsaturated/α-hetero) is 1. The number of ether oxygens (including phenoxy) is 1. The van der Waals surface area contributed by atoms with Crippen molar-refractivity contribution >= 4 is 5.78 Å². The normalized spacial score (nSPS) is 19.2. The third-order valence-electron chi connectivity index (χ3n) is 3.36. The Labute approximate surface area is 106 Å². The Morgan fingerprint density at radius 3 is 3.06 bits per heavy atom. The van der Waals surface area contributed by atoms with Gasteiger partial charge in [0, 0.05) is 24.5 Å². The second-order valence-electron chi connectivity index (χ2n) is 4.75. The van der Waals surface area contributed by atoms with Crippen molar-refractivity contribution in [3.8, 4) is 5.75 Å². The molecule has 3 nitrogen and oxygen atoms in total. The van der Waals surface area contributed by atoms with Crippen LogP contribution in [0.1, 0.15) is 25.3 Å². The predicted octanol–water partition coefficient (Wildman–Crippen LogP) is 2.11. The predicted molar refractivity (Wildman–Crippen MR) is 65.0 cm³/mol. The first-order valence-corrected chi connectivity index (χ1v) is 6.16. The molecule has 4 heteroatoms.